The Morgan fingerprint density at radius 3 is 2.31 bits per heavy atom. The Labute approximate surface area is 150 Å². The third-order valence-electron chi connectivity index (χ3n) is 4.68. The Kier molecular flexibility index (Phi) is 6.13. The van der Waals surface area contributed by atoms with E-state index >= 15 is 0 Å². The highest BCUT2D eigenvalue weighted by Gasteiger charge is 2.61. The van der Waals surface area contributed by atoms with Crippen molar-refractivity contribution >= 4 is 11.9 Å². The van der Waals surface area contributed by atoms with E-state index in [1.54, 1.807) is 6.08 Å². The number of rotatable bonds is 7. The van der Waals surface area contributed by atoms with Gasteiger partial charge in [0.1, 0.15) is 18.2 Å². The quantitative estimate of drug-likeness (QED) is 0.547. The zero-order chi connectivity index (χ0) is 19.5. The van der Waals surface area contributed by atoms with Crippen LogP contribution in [0.15, 0.2) is 24.3 Å². The van der Waals surface area contributed by atoms with Crippen LogP contribution in [-0.4, -0.2) is 26.2 Å². The number of benzene rings is 1. The van der Waals surface area contributed by atoms with Gasteiger partial charge in [-0.1, -0.05) is 19.9 Å². The Morgan fingerprint density at radius 2 is 1.77 bits per heavy atom. The van der Waals surface area contributed by atoms with Gasteiger partial charge in [-0.15, -0.1) is 0 Å². The molecular weight excluding hydrogens is 346 g/mol. The molecule has 0 radical (unpaired) electrons. The maximum atomic E-state index is 14.0. The number of hydrogen-bond donors (Lipinski definition) is 0. The van der Waals surface area contributed by atoms with E-state index in [1.165, 1.54) is 20.3 Å². The summed E-state index contributed by atoms with van der Waals surface area (Å²) in [5.41, 5.74) is -0.353. The van der Waals surface area contributed by atoms with Crippen LogP contribution in [0.5, 0.6) is 0 Å². The molecule has 7 heteroatoms. The zero-order valence-electron chi connectivity index (χ0n) is 15.2. The van der Waals surface area contributed by atoms with Crippen molar-refractivity contribution in [2.45, 2.75) is 27.1 Å². The Morgan fingerprint density at radius 1 is 1.15 bits per heavy atom. The molecule has 2 unspecified atom stereocenters. The molecule has 1 aromatic rings. The normalized spacial score (nSPS) is 20.8. The summed E-state index contributed by atoms with van der Waals surface area (Å²) in [6.07, 6.45) is 2.85. The van der Waals surface area contributed by atoms with Gasteiger partial charge in [-0.2, -0.15) is 0 Å². The largest absolute Gasteiger partial charge is 0.466 e. The van der Waals surface area contributed by atoms with Crippen molar-refractivity contribution in [3.8, 4) is 0 Å². The smallest absolute Gasteiger partial charge is 0.330 e. The summed E-state index contributed by atoms with van der Waals surface area (Å²) in [4.78, 5) is 23.4. The lowest BCUT2D eigenvalue weighted by Crippen LogP contribution is -2.12. The molecule has 0 saturated heterocycles. The van der Waals surface area contributed by atoms with Crippen LogP contribution >= 0.6 is 0 Å². The predicted octanol–water partition coefficient (Wildman–Crippen LogP) is 3.16. The Balaban J connectivity index is 2.01. The van der Waals surface area contributed by atoms with Crippen LogP contribution in [0.4, 0.5) is 8.78 Å². The SMILES string of the molecule is COCc1cc(F)c(COC(=O)C2C(C=CC(=O)OC)C2(C)C)c(F)c1. The van der Waals surface area contributed by atoms with Crippen LogP contribution in [0.1, 0.15) is 25.0 Å². The van der Waals surface area contributed by atoms with Crippen molar-refractivity contribution in [3.05, 3.63) is 47.0 Å². The molecule has 2 rings (SSSR count). The average Bonchev–Trinajstić information content (AvgIpc) is 3.12. The number of ether oxygens (including phenoxy) is 3. The molecule has 0 heterocycles. The summed E-state index contributed by atoms with van der Waals surface area (Å²) in [5, 5.41) is 0. The minimum atomic E-state index is -0.790. The molecule has 2 atom stereocenters. The van der Waals surface area contributed by atoms with E-state index in [1.807, 2.05) is 13.8 Å². The molecule has 0 N–H and O–H groups in total. The average molecular weight is 368 g/mol. The van der Waals surface area contributed by atoms with Crippen molar-refractivity contribution < 1.29 is 32.6 Å². The van der Waals surface area contributed by atoms with Crippen LogP contribution in [0, 0.1) is 28.9 Å². The maximum absolute atomic E-state index is 14.0. The first-order chi connectivity index (χ1) is 12.2. The molecule has 1 aliphatic carbocycles. The van der Waals surface area contributed by atoms with E-state index in [2.05, 4.69) is 4.74 Å². The molecule has 1 aliphatic rings. The lowest BCUT2D eigenvalue weighted by molar-refractivity contribution is -0.147. The molecule has 0 aliphatic heterocycles. The van der Waals surface area contributed by atoms with Crippen molar-refractivity contribution in [2.24, 2.45) is 17.3 Å². The molecule has 1 fully saturated rings. The summed E-state index contributed by atoms with van der Waals surface area (Å²) in [6.45, 7) is 3.29. The lowest BCUT2D eigenvalue weighted by Gasteiger charge is -2.09. The summed E-state index contributed by atoms with van der Waals surface area (Å²) in [6, 6.07) is 2.30. The Hall–Kier alpha value is -2.28. The third kappa shape index (κ3) is 4.27. The van der Waals surface area contributed by atoms with E-state index in [4.69, 9.17) is 9.47 Å². The second-order valence-electron chi connectivity index (χ2n) is 6.79. The summed E-state index contributed by atoms with van der Waals surface area (Å²) in [7, 11) is 2.69. The van der Waals surface area contributed by atoms with Gasteiger partial charge < -0.3 is 14.2 Å². The van der Waals surface area contributed by atoms with Crippen LogP contribution in [0.2, 0.25) is 0 Å². The first kappa shape index (κ1) is 20.0. The summed E-state index contributed by atoms with van der Waals surface area (Å²) in [5.74, 6) is -3.34. The number of halogens is 2. The van der Waals surface area contributed by atoms with Gasteiger partial charge in [0.05, 0.1) is 25.2 Å². The zero-order valence-corrected chi connectivity index (χ0v) is 15.2. The van der Waals surface area contributed by atoms with Gasteiger partial charge in [-0.25, -0.2) is 13.6 Å². The minimum Gasteiger partial charge on any atom is -0.466 e. The fourth-order valence-electron chi connectivity index (χ4n) is 3.01. The summed E-state index contributed by atoms with van der Waals surface area (Å²) < 4.78 is 42.5. The van der Waals surface area contributed by atoms with Crippen LogP contribution in [0.3, 0.4) is 0 Å². The molecule has 0 bridgehead atoms. The predicted molar refractivity (Wildman–Crippen MR) is 88.8 cm³/mol. The summed E-state index contributed by atoms with van der Waals surface area (Å²) >= 11 is 0. The van der Waals surface area contributed by atoms with Gasteiger partial charge in [0.15, 0.2) is 0 Å². The third-order valence-corrected chi connectivity index (χ3v) is 4.68. The van der Waals surface area contributed by atoms with Gasteiger partial charge in [0, 0.05) is 13.2 Å². The van der Waals surface area contributed by atoms with E-state index in [0.29, 0.717) is 5.56 Å². The number of carbonyl (C=O) groups is 2. The number of allylic oxidation sites excluding steroid dienone is 1. The second-order valence-corrected chi connectivity index (χ2v) is 6.79. The fourth-order valence-corrected chi connectivity index (χ4v) is 3.01. The second kappa shape index (κ2) is 7.95. The molecule has 0 amide bonds. The van der Waals surface area contributed by atoms with Crippen molar-refractivity contribution in [1.82, 2.24) is 0 Å². The molecule has 0 aromatic heterocycles. The van der Waals surface area contributed by atoms with E-state index < -0.39 is 41.5 Å². The van der Waals surface area contributed by atoms with Gasteiger partial charge in [0.2, 0.25) is 0 Å². The number of carbonyl (C=O) groups excluding carboxylic acids is 2. The fraction of sp³-hybridized carbons (Fsp3) is 0.474. The lowest BCUT2D eigenvalue weighted by atomic mass is 10.1. The van der Waals surface area contributed by atoms with Crippen molar-refractivity contribution in [3.63, 3.8) is 0 Å². The monoisotopic (exact) mass is 368 g/mol. The minimum absolute atomic E-state index is 0.0817. The number of esters is 2. The number of methoxy groups -OCH3 is 2. The Bertz CT molecular complexity index is 704. The van der Waals surface area contributed by atoms with Crippen molar-refractivity contribution in [2.75, 3.05) is 14.2 Å². The van der Waals surface area contributed by atoms with Gasteiger partial charge in [-0.05, 0) is 29.0 Å². The maximum Gasteiger partial charge on any atom is 0.330 e. The van der Waals surface area contributed by atoms with Crippen LogP contribution in [0.25, 0.3) is 0 Å². The molecular formula is C19H22F2O5. The first-order valence-corrected chi connectivity index (χ1v) is 8.10. The van der Waals surface area contributed by atoms with Gasteiger partial charge >= 0.3 is 11.9 Å². The van der Waals surface area contributed by atoms with E-state index in [0.717, 1.165) is 12.1 Å². The van der Waals surface area contributed by atoms with Gasteiger partial charge in [-0.3, -0.25) is 4.79 Å². The molecule has 142 valence electrons. The molecule has 0 spiro atoms. The first-order valence-electron chi connectivity index (χ1n) is 8.10. The number of hydrogen-bond acceptors (Lipinski definition) is 5. The van der Waals surface area contributed by atoms with Crippen LogP contribution < -0.4 is 0 Å². The van der Waals surface area contributed by atoms with Crippen LogP contribution in [-0.2, 0) is 37.0 Å². The van der Waals surface area contributed by atoms with Gasteiger partial charge in [0.25, 0.3) is 0 Å². The molecule has 1 aromatic carbocycles. The standard InChI is InChI=1S/C19H22F2O5/c1-19(2)13(5-6-16(22)25-4)17(19)18(23)26-10-12-14(20)7-11(9-24-3)8-15(12)21/h5-8,13,17H,9-10H2,1-4H3. The van der Waals surface area contributed by atoms with E-state index in [-0.39, 0.29) is 18.1 Å². The van der Waals surface area contributed by atoms with E-state index in [9.17, 15) is 18.4 Å². The molecule has 1 saturated carbocycles. The highest BCUT2D eigenvalue weighted by molar-refractivity contribution is 5.83. The molecule has 26 heavy (non-hydrogen) atoms. The highest BCUT2D eigenvalue weighted by atomic mass is 19.1. The molecule has 5 nitrogen and oxygen atoms in total. The van der Waals surface area contributed by atoms with Crippen molar-refractivity contribution in [1.29, 1.82) is 0 Å². The topological polar surface area (TPSA) is 61.8 Å². The highest BCUT2D eigenvalue weighted by Crippen LogP contribution is 2.59.